The van der Waals surface area contributed by atoms with E-state index in [9.17, 15) is 4.79 Å². The lowest BCUT2D eigenvalue weighted by Gasteiger charge is -2.06. The molecule has 142 valence electrons. The second-order valence-electron chi connectivity index (χ2n) is 6.48. The highest BCUT2D eigenvalue weighted by Gasteiger charge is 2.13. The van der Waals surface area contributed by atoms with Crippen LogP contribution in [-0.2, 0) is 6.54 Å². The maximum Gasteiger partial charge on any atom is 0.279 e. The number of carbonyl (C=O) groups excluding carboxylic acids is 1. The zero-order chi connectivity index (χ0) is 19.6. The van der Waals surface area contributed by atoms with E-state index in [2.05, 4.69) is 42.5 Å². The average Bonchev–Trinajstić information content (AvgIpc) is 2.99. The molecule has 5 nitrogen and oxygen atoms in total. The third kappa shape index (κ3) is 3.90. The fourth-order valence-electron chi connectivity index (χ4n) is 3.12. The van der Waals surface area contributed by atoms with Gasteiger partial charge in [0.1, 0.15) is 11.5 Å². The highest BCUT2D eigenvalue weighted by Crippen LogP contribution is 2.25. The minimum atomic E-state index is -0.307. The van der Waals surface area contributed by atoms with Gasteiger partial charge in [0.25, 0.3) is 5.91 Å². The molecule has 27 heavy (non-hydrogen) atoms. The number of rotatable bonds is 5. The predicted octanol–water partition coefficient (Wildman–Crippen LogP) is 4.49. The molecule has 0 bridgehead atoms. The van der Waals surface area contributed by atoms with E-state index in [-0.39, 0.29) is 5.91 Å². The average molecular weight is 385 g/mol. The Balaban J connectivity index is 2.16. The van der Waals surface area contributed by atoms with Gasteiger partial charge in [-0.1, -0.05) is 24.3 Å². The molecule has 0 fully saturated rings. The smallest absolute Gasteiger partial charge is 0.279 e. The minimum absolute atomic E-state index is 0.307. The Kier molecular flexibility index (Phi) is 5.65. The molecular weight excluding hydrogens is 360 g/mol. The number of aromatic nitrogens is 1. The van der Waals surface area contributed by atoms with Crippen LogP contribution in [0.4, 0.5) is 0 Å². The molecule has 0 saturated heterocycles. The molecule has 2 aromatic carbocycles. The van der Waals surface area contributed by atoms with Crippen LogP contribution in [0.15, 0.2) is 35.3 Å². The van der Waals surface area contributed by atoms with Gasteiger partial charge in [-0.15, -0.1) is 0 Å². The summed E-state index contributed by atoms with van der Waals surface area (Å²) >= 11 is 1.56. The first-order chi connectivity index (χ1) is 13.0. The summed E-state index contributed by atoms with van der Waals surface area (Å²) in [6.07, 6.45) is 0.965. The van der Waals surface area contributed by atoms with Gasteiger partial charge in [-0.2, -0.15) is 4.99 Å². The first-order valence-corrected chi connectivity index (χ1v) is 9.71. The summed E-state index contributed by atoms with van der Waals surface area (Å²) in [5, 5.41) is 0. The lowest BCUT2D eigenvalue weighted by Crippen LogP contribution is -2.17. The minimum Gasteiger partial charge on any atom is -0.497 e. The zero-order valence-corrected chi connectivity index (χ0v) is 17.1. The van der Waals surface area contributed by atoms with E-state index in [1.54, 1.807) is 43.8 Å². The number of amides is 1. The number of benzene rings is 2. The van der Waals surface area contributed by atoms with Crippen LogP contribution in [0.2, 0.25) is 0 Å². The SMILES string of the molecule is CCCn1c(=NC(=O)c2cc(OC)cc(OC)c2)sc2c(C)cc(C)cc21. The van der Waals surface area contributed by atoms with Crippen LogP contribution in [-0.4, -0.2) is 24.7 Å². The molecular formula is C21H24N2O3S. The number of aryl methyl sites for hydroxylation is 3. The molecule has 0 aliphatic carbocycles. The summed E-state index contributed by atoms with van der Waals surface area (Å²) < 4.78 is 13.8. The van der Waals surface area contributed by atoms with Crippen molar-refractivity contribution in [3.63, 3.8) is 0 Å². The number of fused-ring (bicyclic) bond motifs is 1. The van der Waals surface area contributed by atoms with Gasteiger partial charge in [0.15, 0.2) is 4.80 Å². The first-order valence-electron chi connectivity index (χ1n) is 8.89. The van der Waals surface area contributed by atoms with Crippen molar-refractivity contribution in [2.45, 2.75) is 33.7 Å². The van der Waals surface area contributed by atoms with E-state index in [1.165, 1.54) is 15.8 Å². The summed E-state index contributed by atoms with van der Waals surface area (Å²) in [5.41, 5.74) is 3.99. The van der Waals surface area contributed by atoms with Crippen molar-refractivity contribution >= 4 is 27.5 Å². The van der Waals surface area contributed by atoms with Crippen molar-refractivity contribution in [3.05, 3.63) is 51.8 Å². The maximum absolute atomic E-state index is 12.9. The van der Waals surface area contributed by atoms with Gasteiger partial charge in [0.2, 0.25) is 0 Å². The number of thiazole rings is 1. The Labute approximate surface area is 162 Å². The highest BCUT2D eigenvalue weighted by molar-refractivity contribution is 7.16. The van der Waals surface area contributed by atoms with Crippen molar-refractivity contribution < 1.29 is 14.3 Å². The topological polar surface area (TPSA) is 52.8 Å². The number of nitrogens with zero attached hydrogens (tertiary/aromatic N) is 2. The molecule has 0 atom stereocenters. The lowest BCUT2D eigenvalue weighted by atomic mass is 10.1. The van der Waals surface area contributed by atoms with E-state index < -0.39 is 0 Å². The second kappa shape index (κ2) is 7.96. The van der Waals surface area contributed by atoms with Crippen LogP contribution in [0.1, 0.15) is 34.8 Å². The molecule has 0 unspecified atom stereocenters. The Bertz CT molecular complexity index is 1040. The van der Waals surface area contributed by atoms with Crippen LogP contribution >= 0.6 is 11.3 Å². The van der Waals surface area contributed by atoms with Gasteiger partial charge in [-0.3, -0.25) is 4.79 Å². The molecule has 0 aliphatic heterocycles. The van der Waals surface area contributed by atoms with Crippen molar-refractivity contribution in [1.82, 2.24) is 4.57 Å². The summed E-state index contributed by atoms with van der Waals surface area (Å²) in [6.45, 7) is 7.12. The standard InChI is InChI=1S/C21H24N2O3S/c1-6-7-23-18-9-13(2)8-14(3)19(18)27-21(23)22-20(24)15-10-16(25-4)12-17(11-15)26-5/h8-12H,6-7H2,1-5H3. The Morgan fingerprint density at radius 1 is 1.07 bits per heavy atom. The van der Waals surface area contributed by atoms with Crippen LogP contribution < -0.4 is 14.3 Å². The van der Waals surface area contributed by atoms with Crippen molar-refractivity contribution in [3.8, 4) is 11.5 Å². The van der Waals surface area contributed by atoms with E-state index >= 15 is 0 Å². The van der Waals surface area contributed by atoms with E-state index in [4.69, 9.17) is 9.47 Å². The molecule has 3 rings (SSSR count). The Morgan fingerprint density at radius 3 is 2.33 bits per heavy atom. The molecule has 3 aromatic rings. The quantitative estimate of drug-likeness (QED) is 0.651. The maximum atomic E-state index is 12.9. The van der Waals surface area contributed by atoms with Gasteiger partial charge >= 0.3 is 0 Å². The first kappa shape index (κ1) is 19.2. The summed E-state index contributed by atoms with van der Waals surface area (Å²) in [4.78, 5) is 18.0. The van der Waals surface area contributed by atoms with Gasteiger partial charge in [-0.05, 0) is 49.6 Å². The molecule has 1 heterocycles. The van der Waals surface area contributed by atoms with Crippen LogP contribution in [0.5, 0.6) is 11.5 Å². The monoisotopic (exact) mass is 384 g/mol. The lowest BCUT2D eigenvalue weighted by molar-refractivity contribution is 0.0997. The molecule has 0 spiro atoms. The third-order valence-corrected chi connectivity index (χ3v) is 5.59. The summed E-state index contributed by atoms with van der Waals surface area (Å²) in [6, 6.07) is 9.42. The number of ether oxygens (including phenoxy) is 2. The van der Waals surface area contributed by atoms with E-state index in [1.807, 2.05) is 0 Å². The summed E-state index contributed by atoms with van der Waals surface area (Å²) in [7, 11) is 3.12. The molecule has 0 aliphatic rings. The normalized spacial score (nSPS) is 11.8. The molecule has 6 heteroatoms. The second-order valence-corrected chi connectivity index (χ2v) is 7.46. The Morgan fingerprint density at radius 2 is 1.74 bits per heavy atom. The highest BCUT2D eigenvalue weighted by atomic mass is 32.1. The molecule has 0 saturated carbocycles. The number of hydrogen-bond acceptors (Lipinski definition) is 4. The Hall–Kier alpha value is -2.60. The third-order valence-electron chi connectivity index (χ3n) is 4.36. The number of hydrogen-bond donors (Lipinski definition) is 0. The fourth-order valence-corrected chi connectivity index (χ4v) is 4.22. The van der Waals surface area contributed by atoms with Crippen molar-refractivity contribution in [1.29, 1.82) is 0 Å². The zero-order valence-electron chi connectivity index (χ0n) is 16.3. The van der Waals surface area contributed by atoms with Crippen LogP contribution in [0, 0.1) is 13.8 Å². The number of carbonyl (C=O) groups is 1. The molecule has 0 N–H and O–H groups in total. The van der Waals surface area contributed by atoms with Crippen molar-refractivity contribution in [2.24, 2.45) is 4.99 Å². The van der Waals surface area contributed by atoms with Crippen molar-refractivity contribution in [2.75, 3.05) is 14.2 Å². The van der Waals surface area contributed by atoms with Gasteiger partial charge in [0, 0.05) is 18.2 Å². The molecule has 1 aromatic heterocycles. The van der Waals surface area contributed by atoms with Crippen LogP contribution in [0.3, 0.4) is 0 Å². The van der Waals surface area contributed by atoms with E-state index in [0.717, 1.165) is 18.5 Å². The fraction of sp³-hybridized carbons (Fsp3) is 0.333. The predicted molar refractivity (Wildman–Crippen MR) is 109 cm³/mol. The van der Waals surface area contributed by atoms with E-state index in [0.29, 0.717) is 21.9 Å². The molecule has 0 radical (unpaired) electrons. The molecule has 1 amide bonds. The van der Waals surface area contributed by atoms with Crippen LogP contribution in [0.25, 0.3) is 10.2 Å². The number of methoxy groups -OCH3 is 2. The summed E-state index contributed by atoms with van der Waals surface area (Å²) in [5.74, 6) is 0.826. The largest absolute Gasteiger partial charge is 0.497 e. The van der Waals surface area contributed by atoms with Gasteiger partial charge in [0.05, 0.1) is 24.4 Å². The van der Waals surface area contributed by atoms with Gasteiger partial charge in [-0.25, -0.2) is 0 Å². The van der Waals surface area contributed by atoms with Gasteiger partial charge < -0.3 is 14.0 Å².